The summed E-state index contributed by atoms with van der Waals surface area (Å²) in [5.74, 6) is -0.0757. The van der Waals surface area contributed by atoms with Crippen molar-refractivity contribution in [2.75, 3.05) is 6.54 Å². The van der Waals surface area contributed by atoms with Crippen molar-refractivity contribution < 1.29 is 4.79 Å². The number of carbonyl (C=O) groups excluding carboxylic acids is 1. The van der Waals surface area contributed by atoms with E-state index in [1.54, 1.807) is 11.3 Å². The SMILES string of the molecule is Cc1nc(Cn2cnc(-c3cc(C(=O)NCCc4ccccc4)c4ccccn34)c2)cs1. The van der Waals surface area contributed by atoms with Gasteiger partial charge < -0.3 is 14.3 Å². The van der Waals surface area contributed by atoms with Gasteiger partial charge >= 0.3 is 0 Å². The lowest BCUT2D eigenvalue weighted by Crippen LogP contribution is -2.25. The van der Waals surface area contributed by atoms with Gasteiger partial charge in [0.25, 0.3) is 5.91 Å². The molecule has 160 valence electrons. The first-order chi connectivity index (χ1) is 15.7. The fourth-order valence-corrected chi connectivity index (χ4v) is 4.44. The van der Waals surface area contributed by atoms with Crippen LogP contribution in [0.3, 0.4) is 0 Å². The van der Waals surface area contributed by atoms with E-state index in [1.807, 2.05) is 77.1 Å². The molecule has 32 heavy (non-hydrogen) atoms. The first-order valence-corrected chi connectivity index (χ1v) is 11.4. The lowest BCUT2D eigenvalue weighted by atomic mass is 10.1. The molecular weight excluding hydrogens is 418 g/mol. The maximum absolute atomic E-state index is 13.0. The number of fused-ring (bicyclic) bond motifs is 1. The molecule has 5 aromatic rings. The number of aromatic nitrogens is 4. The van der Waals surface area contributed by atoms with E-state index in [4.69, 9.17) is 0 Å². The van der Waals surface area contributed by atoms with Crippen molar-refractivity contribution in [2.24, 2.45) is 0 Å². The molecule has 1 aromatic carbocycles. The molecule has 0 unspecified atom stereocenters. The quantitative estimate of drug-likeness (QED) is 0.402. The van der Waals surface area contributed by atoms with Crippen molar-refractivity contribution in [1.82, 2.24) is 24.3 Å². The highest BCUT2D eigenvalue weighted by Crippen LogP contribution is 2.25. The van der Waals surface area contributed by atoms with Gasteiger partial charge in [0.1, 0.15) is 5.69 Å². The monoisotopic (exact) mass is 441 g/mol. The van der Waals surface area contributed by atoms with Crippen LogP contribution >= 0.6 is 11.3 Å². The van der Waals surface area contributed by atoms with E-state index in [0.29, 0.717) is 18.7 Å². The molecule has 0 aliphatic rings. The van der Waals surface area contributed by atoms with Gasteiger partial charge in [-0.05, 0) is 37.1 Å². The van der Waals surface area contributed by atoms with E-state index in [-0.39, 0.29) is 5.91 Å². The first-order valence-electron chi connectivity index (χ1n) is 10.5. The third kappa shape index (κ3) is 4.20. The predicted octanol–water partition coefficient (Wildman–Crippen LogP) is 4.59. The number of hydrogen-bond donors (Lipinski definition) is 1. The van der Waals surface area contributed by atoms with Gasteiger partial charge in [-0.3, -0.25) is 4.79 Å². The summed E-state index contributed by atoms with van der Waals surface area (Å²) >= 11 is 1.65. The molecular formula is C25H23N5OS. The fraction of sp³-hybridized carbons (Fsp3) is 0.160. The van der Waals surface area contributed by atoms with Crippen LogP contribution in [-0.2, 0) is 13.0 Å². The van der Waals surface area contributed by atoms with Gasteiger partial charge in [-0.2, -0.15) is 0 Å². The molecule has 0 atom stereocenters. The van der Waals surface area contributed by atoms with Gasteiger partial charge in [-0.25, -0.2) is 9.97 Å². The van der Waals surface area contributed by atoms with Crippen LogP contribution in [0.25, 0.3) is 16.9 Å². The molecule has 4 aromatic heterocycles. The number of pyridine rings is 1. The van der Waals surface area contributed by atoms with Crippen molar-refractivity contribution in [3.8, 4) is 11.4 Å². The van der Waals surface area contributed by atoms with Crippen LogP contribution < -0.4 is 5.32 Å². The second kappa shape index (κ2) is 8.80. The molecule has 7 heteroatoms. The van der Waals surface area contributed by atoms with Crippen LogP contribution in [0.4, 0.5) is 0 Å². The highest BCUT2D eigenvalue weighted by Gasteiger charge is 2.17. The Morgan fingerprint density at radius 3 is 2.78 bits per heavy atom. The van der Waals surface area contributed by atoms with Crippen molar-refractivity contribution in [3.63, 3.8) is 0 Å². The molecule has 1 amide bonds. The number of carbonyl (C=O) groups is 1. The molecule has 0 saturated carbocycles. The van der Waals surface area contributed by atoms with Crippen LogP contribution in [-0.4, -0.2) is 31.4 Å². The highest BCUT2D eigenvalue weighted by molar-refractivity contribution is 7.09. The van der Waals surface area contributed by atoms with Crippen LogP contribution in [0.15, 0.2) is 78.7 Å². The summed E-state index contributed by atoms with van der Waals surface area (Å²) in [6.45, 7) is 3.27. The molecule has 0 aliphatic heterocycles. The number of benzene rings is 1. The van der Waals surface area contributed by atoms with Crippen molar-refractivity contribution in [2.45, 2.75) is 19.9 Å². The number of thiazole rings is 1. The Morgan fingerprint density at radius 2 is 1.97 bits per heavy atom. The molecule has 5 rings (SSSR count). The molecule has 1 N–H and O–H groups in total. The third-order valence-electron chi connectivity index (χ3n) is 5.37. The summed E-state index contributed by atoms with van der Waals surface area (Å²) in [7, 11) is 0. The second-order valence-electron chi connectivity index (χ2n) is 7.68. The van der Waals surface area contributed by atoms with Crippen molar-refractivity contribution >= 4 is 22.8 Å². The van der Waals surface area contributed by atoms with E-state index in [2.05, 4.69) is 32.8 Å². The number of amides is 1. The number of nitrogens with one attached hydrogen (secondary N) is 1. The largest absolute Gasteiger partial charge is 0.352 e. The predicted molar refractivity (Wildman–Crippen MR) is 127 cm³/mol. The molecule has 0 fully saturated rings. The van der Waals surface area contributed by atoms with Gasteiger partial charge in [0, 0.05) is 24.3 Å². The Balaban J connectivity index is 1.37. The number of rotatable bonds is 7. The zero-order valence-corrected chi connectivity index (χ0v) is 18.5. The van der Waals surface area contributed by atoms with Crippen molar-refractivity contribution in [3.05, 3.63) is 101 Å². The van der Waals surface area contributed by atoms with E-state index in [9.17, 15) is 4.79 Å². The minimum Gasteiger partial charge on any atom is -0.352 e. The van der Waals surface area contributed by atoms with Crippen LogP contribution in [0.5, 0.6) is 0 Å². The van der Waals surface area contributed by atoms with Gasteiger partial charge in [0.15, 0.2) is 0 Å². The van der Waals surface area contributed by atoms with E-state index >= 15 is 0 Å². The zero-order valence-electron chi connectivity index (χ0n) is 17.7. The van der Waals surface area contributed by atoms with Crippen LogP contribution in [0, 0.1) is 6.92 Å². The molecule has 0 bridgehead atoms. The Hall–Kier alpha value is -3.71. The highest BCUT2D eigenvalue weighted by atomic mass is 32.1. The van der Waals surface area contributed by atoms with E-state index in [1.165, 1.54) is 5.56 Å². The summed E-state index contributed by atoms with van der Waals surface area (Å²) in [6, 6.07) is 18.0. The van der Waals surface area contributed by atoms with E-state index in [0.717, 1.165) is 34.0 Å². The summed E-state index contributed by atoms with van der Waals surface area (Å²) < 4.78 is 4.04. The number of nitrogens with zero attached hydrogens (tertiary/aromatic N) is 4. The number of imidazole rings is 1. The molecule has 0 saturated heterocycles. The smallest absolute Gasteiger partial charge is 0.253 e. The zero-order chi connectivity index (χ0) is 21.9. The van der Waals surface area contributed by atoms with Gasteiger partial charge in [0.05, 0.1) is 40.3 Å². The van der Waals surface area contributed by atoms with Gasteiger partial charge in [-0.1, -0.05) is 36.4 Å². The fourth-order valence-electron chi connectivity index (χ4n) is 3.84. The average Bonchev–Trinajstić information content (AvgIpc) is 3.53. The molecule has 4 heterocycles. The number of aryl methyl sites for hydroxylation is 1. The minimum atomic E-state index is -0.0757. The maximum Gasteiger partial charge on any atom is 0.253 e. The molecule has 0 spiro atoms. The molecule has 0 radical (unpaired) electrons. The Bertz CT molecular complexity index is 1370. The average molecular weight is 442 g/mol. The minimum absolute atomic E-state index is 0.0757. The van der Waals surface area contributed by atoms with E-state index < -0.39 is 0 Å². The van der Waals surface area contributed by atoms with Crippen LogP contribution in [0.2, 0.25) is 0 Å². The lowest BCUT2D eigenvalue weighted by molar-refractivity contribution is 0.0956. The Morgan fingerprint density at radius 1 is 1.12 bits per heavy atom. The lowest BCUT2D eigenvalue weighted by Gasteiger charge is -2.05. The topological polar surface area (TPSA) is 64.2 Å². The summed E-state index contributed by atoms with van der Waals surface area (Å²) in [5, 5.41) is 6.18. The number of hydrogen-bond acceptors (Lipinski definition) is 4. The van der Waals surface area contributed by atoms with Gasteiger partial charge in [-0.15, -0.1) is 11.3 Å². The second-order valence-corrected chi connectivity index (χ2v) is 8.74. The maximum atomic E-state index is 13.0. The molecule has 0 aliphatic carbocycles. The molecule has 6 nitrogen and oxygen atoms in total. The van der Waals surface area contributed by atoms with Crippen LogP contribution in [0.1, 0.15) is 26.6 Å². The first kappa shape index (κ1) is 20.2. The normalized spacial score (nSPS) is 11.2. The standard InChI is InChI=1S/C25H23N5OS/c1-18-28-20(16-32-18)14-29-15-22(27-17-29)24-13-21(23-9-5-6-12-30(23)24)25(31)26-11-10-19-7-3-2-4-8-19/h2-9,12-13,15-17H,10-11,14H2,1H3,(H,26,31). The summed E-state index contributed by atoms with van der Waals surface area (Å²) in [4.78, 5) is 22.1. The Kier molecular flexibility index (Phi) is 5.56. The van der Waals surface area contributed by atoms with Gasteiger partial charge in [0.2, 0.25) is 0 Å². The third-order valence-corrected chi connectivity index (χ3v) is 6.19. The van der Waals surface area contributed by atoms with Crippen molar-refractivity contribution in [1.29, 1.82) is 0 Å². The summed E-state index contributed by atoms with van der Waals surface area (Å²) in [6.07, 6.45) is 6.58. The Labute approximate surface area is 190 Å². The summed E-state index contributed by atoms with van der Waals surface area (Å²) in [5.41, 5.74) is 5.46.